The minimum absolute atomic E-state index is 0.0419. The molecule has 0 radical (unpaired) electrons. The van der Waals surface area contributed by atoms with Crippen LogP contribution in [0.25, 0.3) is 0 Å². The van der Waals surface area contributed by atoms with Crippen molar-refractivity contribution in [3.8, 4) is 0 Å². The zero-order valence-electron chi connectivity index (χ0n) is 12.5. The summed E-state index contributed by atoms with van der Waals surface area (Å²) < 4.78 is 0.820. The molecular formula is C16H14I2N4O2. The molecular weight excluding hydrogens is 534 g/mol. The zero-order valence-corrected chi connectivity index (χ0v) is 16.8. The van der Waals surface area contributed by atoms with Gasteiger partial charge in [0.05, 0.1) is 20.2 Å². The van der Waals surface area contributed by atoms with Gasteiger partial charge in [0, 0.05) is 11.4 Å². The molecule has 6 nitrogen and oxygen atoms in total. The van der Waals surface area contributed by atoms with Gasteiger partial charge in [0.25, 0.3) is 0 Å². The first kappa shape index (κ1) is 18.8. The van der Waals surface area contributed by atoms with E-state index in [0.29, 0.717) is 20.2 Å². The van der Waals surface area contributed by atoms with E-state index in [4.69, 9.17) is 0 Å². The lowest BCUT2D eigenvalue weighted by Crippen LogP contribution is -2.11. The van der Waals surface area contributed by atoms with E-state index in [1.165, 1.54) is 0 Å². The molecule has 0 fully saturated rings. The first-order valence-corrected chi connectivity index (χ1v) is 9.99. The third kappa shape index (κ3) is 6.15. The number of rotatable bonds is 6. The summed E-state index contributed by atoms with van der Waals surface area (Å²) in [6.07, 6.45) is 0. The van der Waals surface area contributed by atoms with Crippen molar-refractivity contribution in [2.24, 2.45) is 10.2 Å². The quantitative estimate of drug-likeness (QED) is 0.308. The Kier molecular flexibility index (Phi) is 7.56. The minimum atomic E-state index is -0.0419. The third-order valence-electron chi connectivity index (χ3n) is 2.83. The monoisotopic (exact) mass is 548 g/mol. The molecule has 0 heterocycles. The van der Waals surface area contributed by atoms with Crippen LogP contribution < -0.4 is 10.6 Å². The topological polar surface area (TPSA) is 82.9 Å². The van der Waals surface area contributed by atoms with Gasteiger partial charge in [-0.25, -0.2) is 0 Å². The van der Waals surface area contributed by atoms with Gasteiger partial charge >= 0.3 is 0 Å². The van der Waals surface area contributed by atoms with E-state index in [2.05, 4.69) is 20.9 Å². The maximum atomic E-state index is 11.3. The number of carbonyl (C=O) groups excluding carboxylic acids is 2. The number of hydrogen-bond acceptors (Lipinski definition) is 4. The van der Waals surface area contributed by atoms with Crippen LogP contribution in [0, 0.1) is 0 Å². The van der Waals surface area contributed by atoms with Crippen molar-refractivity contribution < 1.29 is 9.59 Å². The molecule has 0 spiro atoms. The van der Waals surface area contributed by atoms with Crippen LogP contribution in [-0.4, -0.2) is 20.7 Å². The van der Waals surface area contributed by atoms with Gasteiger partial charge in [-0.1, -0.05) is 45.2 Å². The van der Waals surface area contributed by atoms with Gasteiger partial charge in [-0.3, -0.25) is 9.59 Å². The van der Waals surface area contributed by atoms with Crippen molar-refractivity contribution in [2.75, 3.05) is 19.5 Å². The molecule has 0 atom stereocenters. The molecule has 0 saturated carbocycles. The number of amides is 2. The Morgan fingerprint density at radius 3 is 1.33 bits per heavy atom. The Morgan fingerprint density at radius 1 is 0.708 bits per heavy atom. The van der Waals surface area contributed by atoms with Gasteiger partial charge in [0.2, 0.25) is 11.8 Å². The number of nitrogens with one attached hydrogen (secondary N) is 2. The largest absolute Gasteiger partial charge is 0.325 e. The van der Waals surface area contributed by atoms with Crippen molar-refractivity contribution in [1.29, 1.82) is 0 Å². The molecule has 0 unspecified atom stereocenters. The zero-order chi connectivity index (χ0) is 17.4. The Hall–Kier alpha value is -1.56. The normalized spacial score (nSPS) is 10.6. The number of benzene rings is 2. The maximum Gasteiger partial charge on any atom is 0.234 e. The van der Waals surface area contributed by atoms with Crippen LogP contribution in [0.1, 0.15) is 0 Å². The fourth-order valence-corrected chi connectivity index (χ4v) is 2.11. The number of hydrogen-bond donors (Lipinski definition) is 2. The smallest absolute Gasteiger partial charge is 0.234 e. The average molecular weight is 548 g/mol. The Bertz CT molecular complexity index is 667. The van der Waals surface area contributed by atoms with E-state index in [1.54, 1.807) is 48.5 Å². The van der Waals surface area contributed by atoms with Crippen LogP contribution in [0.15, 0.2) is 58.8 Å². The lowest BCUT2D eigenvalue weighted by Gasteiger charge is -2.03. The average Bonchev–Trinajstić information content (AvgIpc) is 2.62. The van der Waals surface area contributed by atoms with Crippen LogP contribution >= 0.6 is 45.2 Å². The highest BCUT2D eigenvalue weighted by molar-refractivity contribution is 14.1. The van der Waals surface area contributed by atoms with Crippen LogP contribution in [0.4, 0.5) is 22.7 Å². The molecule has 2 amide bonds. The molecule has 0 bridgehead atoms. The number of azo groups is 1. The Labute approximate surface area is 166 Å². The lowest BCUT2D eigenvalue weighted by molar-refractivity contribution is -0.114. The highest BCUT2D eigenvalue weighted by Gasteiger charge is 2.00. The van der Waals surface area contributed by atoms with Gasteiger partial charge in [-0.05, 0) is 48.5 Å². The number of alkyl halides is 2. The van der Waals surface area contributed by atoms with E-state index in [1.807, 2.05) is 45.2 Å². The highest BCUT2D eigenvalue weighted by Crippen LogP contribution is 2.21. The van der Waals surface area contributed by atoms with Gasteiger partial charge in [0.1, 0.15) is 0 Å². The van der Waals surface area contributed by atoms with Gasteiger partial charge < -0.3 is 10.6 Å². The first-order chi connectivity index (χ1) is 11.6. The van der Waals surface area contributed by atoms with Crippen LogP contribution in [0.2, 0.25) is 0 Å². The summed E-state index contributed by atoms with van der Waals surface area (Å²) in [5.41, 5.74) is 2.83. The van der Waals surface area contributed by atoms with E-state index in [-0.39, 0.29) is 11.8 Å². The molecule has 0 aliphatic carbocycles. The highest BCUT2D eigenvalue weighted by atomic mass is 127. The van der Waals surface area contributed by atoms with E-state index in [0.717, 1.165) is 11.4 Å². The molecule has 0 aliphatic rings. The van der Waals surface area contributed by atoms with Crippen molar-refractivity contribution >= 4 is 79.7 Å². The lowest BCUT2D eigenvalue weighted by atomic mass is 10.3. The SMILES string of the molecule is O=C(CI)Nc1ccc(/N=N/c2ccc(NC(=O)CI)cc2)cc1. The Morgan fingerprint density at radius 2 is 1.04 bits per heavy atom. The molecule has 0 saturated heterocycles. The van der Waals surface area contributed by atoms with Gasteiger partial charge in [-0.15, -0.1) is 0 Å². The molecule has 2 aromatic rings. The fraction of sp³-hybridized carbons (Fsp3) is 0.125. The van der Waals surface area contributed by atoms with Crippen LogP contribution in [0.3, 0.4) is 0 Å². The van der Waals surface area contributed by atoms with Crippen molar-refractivity contribution in [3.05, 3.63) is 48.5 Å². The van der Waals surface area contributed by atoms with Crippen molar-refractivity contribution in [3.63, 3.8) is 0 Å². The molecule has 24 heavy (non-hydrogen) atoms. The van der Waals surface area contributed by atoms with Crippen LogP contribution in [0.5, 0.6) is 0 Å². The second-order valence-corrected chi connectivity index (χ2v) is 6.18. The molecule has 0 aromatic heterocycles. The Balaban J connectivity index is 1.97. The molecule has 8 heteroatoms. The predicted molar refractivity (Wildman–Crippen MR) is 112 cm³/mol. The second-order valence-electron chi connectivity index (χ2n) is 4.66. The summed E-state index contributed by atoms with van der Waals surface area (Å²) in [6.45, 7) is 0. The van der Waals surface area contributed by atoms with Crippen molar-refractivity contribution in [1.82, 2.24) is 0 Å². The van der Waals surface area contributed by atoms with Crippen LogP contribution in [-0.2, 0) is 9.59 Å². The molecule has 0 aliphatic heterocycles. The number of nitrogens with zero attached hydrogens (tertiary/aromatic N) is 2. The number of halogens is 2. The maximum absolute atomic E-state index is 11.3. The van der Waals surface area contributed by atoms with Gasteiger partial charge in [0.15, 0.2) is 0 Å². The molecule has 2 N–H and O–H groups in total. The van der Waals surface area contributed by atoms with Gasteiger partial charge in [-0.2, -0.15) is 10.2 Å². The standard InChI is InChI=1S/C16H14I2N4O2/c17-9-15(23)19-11-1-5-13(6-2-11)21-22-14-7-3-12(4-8-14)20-16(24)10-18/h1-8H,9-10H2,(H,19,23)(H,20,24)/b22-21+. The summed E-state index contributed by atoms with van der Waals surface area (Å²) in [7, 11) is 0. The molecule has 2 rings (SSSR count). The number of carbonyl (C=O) groups is 2. The third-order valence-corrected chi connectivity index (χ3v) is 4.21. The molecule has 2 aromatic carbocycles. The second kappa shape index (κ2) is 9.67. The summed E-state index contributed by atoms with van der Waals surface area (Å²) in [6, 6.07) is 14.2. The first-order valence-electron chi connectivity index (χ1n) is 6.94. The van der Waals surface area contributed by atoms with E-state index >= 15 is 0 Å². The van der Waals surface area contributed by atoms with E-state index in [9.17, 15) is 9.59 Å². The van der Waals surface area contributed by atoms with E-state index < -0.39 is 0 Å². The fourth-order valence-electron chi connectivity index (χ4n) is 1.73. The summed E-state index contributed by atoms with van der Waals surface area (Å²) >= 11 is 4.02. The van der Waals surface area contributed by atoms with Crippen molar-refractivity contribution in [2.45, 2.75) is 0 Å². The predicted octanol–water partition coefficient (Wildman–Crippen LogP) is 4.85. The number of anilines is 2. The summed E-state index contributed by atoms with van der Waals surface area (Å²) in [4.78, 5) is 22.6. The summed E-state index contributed by atoms with van der Waals surface area (Å²) in [5, 5.41) is 13.8. The molecule has 124 valence electrons. The summed E-state index contributed by atoms with van der Waals surface area (Å²) in [5.74, 6) is -0.0838. The minimum Gasteiger partial charge on any atom is -0.325 e.